The number of hydrogen-bond acceptors (Lipinski definition) is 1. The van der Waals surface area contributed by atoms with Gasteiger partial charge in [0, 0.05) is 15.5 Å². The monoisotopic (exact) mass is 287 g/mol. The Balaban J connectivity index is 2.02. The van der Waals surface area contributed by atoms with Gasteiger partial charge in [0.05, 0.1) is 0 Å². The van der Waals surface area contributed by atoms with Crippen molar-refractivity contribution < 1.29 is 0 Å². The molecule has 3 heteroatoms. The van der Waals surface area contributed by atoms with Crippen molar-refractivity contribution >= 4 is 27.5 Å². The molecule has 2 rings (SSSR count). The number of nitrogens with two attached hydrogens (primary N) is 1. The van der Waals surface area contributed by atoms with Crippen molar-refractivity contribution in [2.75, 3.05) is 0 Å². The van der Waals surface area contributed by atoms with Gasteiger partial charge in [-0.25, -0.2) is 0 Å². The van der Waals surface area contributed by atoms with E-state index in [1.807, 2.05) is 18.2 Å². The van der Waals surface area contributed by atoms with E-state index < -0.39 is 0 Å². The summed E-state index contributed by atoms with van der Waals surface area (Å²) in [5.74, 6) is 0.939. The van der Waals surface area contributed by atoms with Gasteiger partial charge in [0.15, 0.2) is 0 Å². The summed E-state index contributed by atoms with van der Waals surface area (Å²) in [5, 5.41) is 0.759. The highest BCUT2D eigenvalue weighted by atomic mass is 79.9. The zero-order chi connectivity index (χ0) is 10.8. The Morgan fingerprint density at radius 2 is 2.20 bits per heavy atom. The van der Waals surface area contributed by atoms with Crippen LogP contribution in [-0.4, -0.2) is 0 Å². The first-order valence-corrected chi connectivity index (χ1v) is 6.54. The largest absolute Gasteiger partial charge is 0.324 e. The molecule has 0 radical (unpaired) electrons. The summed E-state index contributed by atoms with van der Waals surface area (Å²) < 4.78 is 1.06. The van der Waals surface area contributed by atoms with Crippen LogP contribution in [0.5, 0.6) is 0 Å². The molecule has 1 unspecified atom stereocenters. The highest BCUT2D eigenvalue weighted by molar-refractivity contribution is 9.10. The molecule has 1 aromatic carbocycles. The van der Waals surface area contributed by atoms with E-state index in [1.54, 1.807) is 0 Å². The lowest BCUT2D eigenvalue weighted by atomic mass is 10.0. The second kappa shape index (κ2) is 4.86. The van der Waals surface area contributed by atoms with Crippen LogP contribution in [0.4, 0.5) is 0 Å². The highest BCUT2D eigenvalue weighted by Crippen LogP contribution is 2.36. The summed E-state index contributed by atoms with van der Waals surface area (Å²) >= 11 is 9.47. The van der Waals surface area contributed by atoms with Gasteiger partial charge in [0.2, 0.25) is 0 Å². The van der Waals surface area contributed by atoms with Crippen LogP contribution in [0.3, 0.4) is 0 Å². The molecule has 0 spiro atoms. The fourth-order valence-electron chi connectivity index (χ4n) is 1.78. The minimum atomic E-state index is 0.110. The Morgan fingerprint density at radius 3 is 2.87 bits per heavy atom. The minimum absolute atomic E-state index is 0.110. The van der Waals surface area contributed by atoms with Gasteiger partial charge < -0.3 is 5.73 Å². The van der Waals surface area contributed by atoms with E-state index in [2.05, 4.69) is 15.9 Å². The van der Waals surface area contributed by atoms with E-state index >= 15 is 0 Å². The molecule has 1 aliphatic carbocycles. The fraction of sp³-hybridized carbons (Fsp3) is 0.500. The van der Waals surface area contributed by atoms with Gasteiger partial charge in [0.25, 0.3) is 0 Å². The van der Waals surface area contributed by atoms with Crippen molar-refractivity contribution in [3.8, 4) is 0 Å². The molecule has 0 heterocycles. The molecule has 1 nitrogen and oxygen atoms in total. The van der Waals surface area contributed by atoms with Gasteiger partial charge in [-0.05, 0) is 42.5 Å². The highest BCUT2D eigenvalue weighted by Gasteiger charge is 2.22. The Kier molecular flexibility index (Phi) is 3.70. The number of benzene rings is 1. The molecule has 0 bridgehead atoms. The first kappa shape index (κ1) is 11.4. The van der Waals surface area contributed by atoms with E-state index in [0.717, 1.165) is 27.4 Å². The Bertz CT molecular complexity index is 349. The third-order valence-corrected chi connectivity index (χ3v) is 3.90. The molecule has 1 fully saturated rings. The molecule has 82 valence electrons. The lowest BCUT2D eigenvalue weighted by Crippen LogP contribution is -2.11. The molecule has 15 heavy (non-hydrogen) atoms. The van der Waals surface area contributed by atoms with Gasteiger partial charge in [0.1, 0.15) is 0 Å². The first-order valence-electron chi connectivity index (χ1n) is 5.37. The second-order valence-corrected chi connectivity index (χ2v) is 5.58. The van der Waals surface area contributed by atoms with Crippen molar-refractivity contribution in [2.24, 2.45) is 11.7 Å². The quantitative estimate of drug-likeness (QED) is 0.878. The van der Waals surface area contributed by atoms with Crippen molar-refractivity contribution in [3.05, 3.63) is 33.3 Å². The molecule has 1 atom stereocenters. The molecule has 0 saturated heterocycles. The van der Waals surface area contributed by atoms with Gasteiger partial charge in [-0.3, -0.25) is 0 Å². The van der Waals surface area contributed by atoms with Gasteiger partial charge in [-0.2, -0.15) is 0 Å². The lowest BCUT2D eigenvalue weighted by Gasteiger charge is -2.13. The average Bonchev–Trinajstić information content (AvgIpc) is 3.02. The number of rotatable bonds is 4. The van der Waals surface area contributed by atoms with Crippen LogP contribution in [0, 0.1) is 5.92 Å². The van der Waals surface area contributed by atoms with Gasteiger partial charge in [-0.1, -0.05) is 40.4 Å². The maximum atomic E-state index is 6.15. The predicted molar refractivity (Wildman–Crippen MR) is 68.0 cm³/mol. The van der Waals surface area contributed by atoms with E-state index in [9.17, 15) is 0 Å². The van der Waals surface area contributed by atoms with Crippen LogP contribution in [0.1, 0.15) is 37.3 Å². The summed E-state index contributed by atoms with van der Waals surface area (Å²) in [6.45, 7) is 0. The summed E-state index contributed by atoms with van der Waals surface area (Å²) in [6, 6.07) is 5.92. The van der Waals surface area contributed by atoms with Crippen LogP contribution in [0.15, 0.2) is 22.7 Å². The van der Waals surface area contributed by atoms with Crippen molar-refractivity contribution in [2.45, 2.75) is 31.7 Å². The Labute approximate surface area is 104 Å². The summed E-state index contributed by atoms with van der Waals surface area (Å²) in [6.07, 6.45) is 5.09. The van der Waals surface area contributed by atoms with Crippen molar-refractivity contribution in [1.29, 1.82) is 0 Å². The third-order valence-electron chi connectivity index (χ3n) is 2.94. The van der Waals surface area contributed by atoms with Crippen LogP contribution >= 0.6 is 27.5 Å². The molecule has 2 N–H and O–H groups in total. The molecule has 1 aliphatic rings. The van der Waals surface area contributed by atoms with E-state index in [-0.39, 0.29) is 6.04 Å². The van der Waals surface area contributed by atoms with Crippen molar-refractivity contribution in [3.63, 3.8) is 0 Å². The molecule has 0 aromatic heterocycles. The average molecular weight is 289 g/mol. The zero-order valence-corrected chi connectivity index (χ0v) is 10.9. The molecule has 0 amide bonds. The van der Waals surface area contributed by atoms with E-state index in [0.29, 0.717) is 0 Å². The first-order chi connectivity index (χ1) is 7.16. The van der Waals surface area contributed by atoms with Gasteiger partial charge in [-0.15, -0.1) is 0 Å². The van der Waals surface area contributed by atoms with Crippen LogP contribution in [-0.2, 0) is 0 Å². The summed E-state index contributed by atoms with van der Waals surface area (Å²) in [7, 11) is 0. The van der Waals surface area contributed by atoms with E-state index in [4.69, 9.17) is 17.3 Å². The summed E-state index contributed by atoms with van der Waals surface area (Å²) in [4.78, 5) is 0. The SMILES string of the molecule is NC(CCC1CC1)c1cc(Cl)ccc1Br. The van der Waals surface area contributed by atoms with E-state index in [1.165, 1.54) is 19.3 Å². The fourth-order valence-corrected chi connectivity index (χ4v) is 2.50. The lowest BCUT2D eigenvalue weighted by molar-refractivity contribution is 0.574. The van der Waals surface area contributed by atoms with Gasteiger partial charge >= 0.3 is 0 Å². The maximum Gasteiger partial charge on any atom is 0.0410 e. The van der Waals surface area contributed by atoms with Crippen molar-refractivity contribution in [1.82, 2.24) is 0 Å². The van der Waals surface area contributed by atoms with Crippen LogP contribution < -0.4 is 5.73 Å². The topological polar surface area (TPSA) is 26.0 Å². The number of halogens is 2. The molecule has 1 saturated carbocycles. The normalized spacial score (nSPS) is 17.8. The summed E-state index contributed by atoms with van der Waals surface area (Å²) in [5.41, 5.74) is 7.28. The molecule has 0 aliphatic heterocycles. The zero-order valence-electron chi connectivity index (χ0n) is 8.55. The molecule has 1 aromatic rings. The maximum absolute atomic E-state index is 6.15. The second-order valence-electron chi connectivity index (χ2n) is 4.29. The Morgan fingerprint density at radius 1 is 1.47 bits per heavy atom. The van der Waals surface area contributed by atoms with Crippen LogP contribution in [0.25, 0.3) is 0 Å². The Hall–Kier alpha value is -0.0500. The minimum Gasteiger partial charge on any atom is -0.324 e. The molecular formula is C12H15BrClN. The number of hydrogen-bond donors (Lipinski definition) is 1. The predicted octanol–water partition coefficient (Wildman–Crippen LogP) is 4.29. The third kappa shape index (κ3) is 3.20. The van der Waals surface area contributed by atoms with Crippen LogP contribution in [0.2, 0.25) is 5.02 Å². The molecular weight excluding hydrogens is 273 g/mol. The standard InChI is InChI=1S/C12H15BrClN/c13-11-5-4-9(14)7-10(11)12(15)6-3-8-1-2-8/h4-5,7-8,12H,1-3,6,15H2. The smallest absolute Gasteiger partial charge is 0.0410 e.